The number of carboxylic acid groups (broad SMARTS) is 1. The highest BCUT2D eigenvalue weighted by molar-refractivity contribution is 5.89. The third-order valence-corrected chi connectivity index (χ3v) is 2.35. The molecule has 1 aliphatic rings. The fourth-order valence-electron chi connectivity index (χ4n) is 1.40. The molecule has 6 heteroatoms. The Morgan fingerprint density at radius 2 is 2.00 bits per heavy atom. The summed E-state index contributed by atoms with van der Waals surface area (Å²) in [5, 5.41) is 8.67. The zero-order valence-electron chi connectivity index (χ0n) is 8.62. The number of carboxylic acids is 1. The normalized spacial score (nSPS) is 15.7. The minimum Gasteiger partial charge on any atom is -0.490 e. The van der Waals surface area contributed by atoms with Gasteiger partial charge in [0.2, 0.25) is 0 Å². The van der Waals surface area contributed by atoms with Gasteiger partial charge in [-0.2, -0.15) is 13.2 Å². The summed E-state index contributed by atoms with van der Waals surface area (Å²) in [7, 11) is 0. The molecule has 0 atom stereocenters. The van der Waals surface area contributed by atoms with Gasteiger partial charge < -0.3 is 9.84 Å². The molecule has 0 saturated heterocycles. The van der Waals surface area contributed by atoms with Crippen LogP contribution in [0.3, 0.4) is 0 Å². The molecule has 2 rings (SSSR count). The molecule has 3 nitrogen and oxygen atoms in total. The van der Waals surface area contributed by atoms with Crippen LogP contribution in [0.2, 0.25) is 0 Å². The van der Waals surface area contributed by atoms with E-state index in [0.29, 0.717) is 0 Å². The van der Waals surface area contributed by atoms with Crippen LogP contribution in [0.5, 0.6) is 5.75 Å². The zero-order chi connectivity index (χ0) is 12.6. The van der Waals surface area contributed by atoms with E-state index in [9.17, 15) is 18.0 Å². The molecule has 17 heavy (non-hydrogen) atoms. The fourth-order valence-corrected chi connectivity index (χ4v) is 1.40. The predicted molar refractivity (Wildman–Crippen MR) is 52.1 cm³/mol. The fraction of sp³-hybridized carbons (Fsp3) is 0.364. The number of ether oxygens (including phenoxy) is 1. The van der Waals surface area contributed by atoms with Crippen molar-refractivity contribution in [1.29, 1.82) is 0 Å². The minimum atomic E-state index is -4.70. The lowest BCUT2D eigenvalue weighted by Gasteiger charge is -2.12. The molecule has 92 valence electrons. The molecular formula is C11H9F3O3. The van der Waals surface area contributed by atoms with Crippen molar-refractivity contribution in [1.82, 2.24) is 0 Å². The maximum Gasteiger partial charge on any atom is 0.417 e. The molecule has 1 aliphatic carbocycles. The van der Waals surface area contributed by atoms with Gasteiger partial charge in [0, 0.05) is 0 Å². The second-order valence-corrected chi connectivity index (χ2v) is 3.83. The third-order valence-electron chi connectivity index (χ3n) is 2.35. The monoisotopic (exact) mass is 246 g/mol. The molecule has 1 aromatic rings. The van der Waals surface area contributed by atoms with Crippen LogP contribution < -0.4 is 4.74 Å². The maximum atomic E-state index is 12.6. The summed E-state index contributed by atoms with van der Waals surface area (Å²) in [6, 6.07) is 2.90. The highest BCUT2D eigenvalue weighted by atomic mass is 19.4. The van der Waals surface area contributed by atoms with Crippen LogP contribution in [0.1, 0.15) is 28.8 Å². The van der Waals surface area contributed by atoms with E-state index in [-0.39, 0.29) is 11.9 Å². The Kier molecular flexibility index (Phi) is 2.73. The van der Waals surface area contributed by atoms with E-state index < -0.39 is 23.3 Å². The summed E-state index contributed by atoms with van der Waals surface area (Å²) in [5.74, 6) is -1.54. The molecule has 0 heterocycles. The highest BCUT2D eigenvalue weighted by Gasteiger charge is 2.36. The topological polar surface area (TPSA) is 46.5 Å². The highest BCUT2D eigenvalue weighted by Crippen LogP contribution is 2.36. The number of hydrogen-bond donors (Lipinski definition) is 1. The molecule has 1 fully saturated rings. The van der Waals surface area contributed by atoms with Crippen molar-refractivity contribution in [2.75, 3.05) is 0 Å². The molecule has 1 N–H and O–H groups in total. The lowest BCUT2D eigenvalue weighted by molar-refractivity contribution is -0.138. The summed E-state index contributed by atoms with van der Waals surface area (Å²) in [6.07, 6.45) is -3.09. The average molecular weight is 246 g/mol. The lowest BCUT2D eigenvalue weighted by atomic mass is 10.1. The lowest BCUT2D eigenvalue weighted by Crippen LogP contribution is -2.13. The Bertz CT molecular complexity index is 450. The average Bonchev–Trinajstić information content (AvgIpc) is 3.00. The second-order valence-electron chi connectivity index (χ2n) is 3.83. The SMILES string of the molecule is O=C(O)c1ccc(OC2CC2)cc1C(F)(F)F. The van der Waals surface area contributed by atoms with E-state index >= 15 is 0 Å². The molecule has 1 aromatic carbocycles. The van der Waals surface area contributed by atoms with Gasteiger partial charge in [0.15, 0.2) is 0 Å². The van der Waals surface area contributed by atoms with Crippen LogP contribution in [0, 0.1) is 0 Å². The Labute approximate surface area is 94.8 Å². The van der Waals surface area contributed by atoms with Crippen molar-refractivity contribution in [2.45, 2.75) is 25.1 Å². The number of aromatic carboxylic acids is 1. The van der Waals surface area contributed by atoms with E-state index in [0.717, 1.165) is 25.0 Å². The van der Waals surface area contributed by atoms with Crippen LogP contribution in [-0.2, 0) is 6.18 Å². The predicted octanol–water partition coefficient (Wildman–Crippen LogP) is 2.94. The number of rotatable bonds is 3. The maximum absolute atomic E-state index is 12.6. The van der Waals surface area contributed by atoms with E-state index in [1.165, 1.54) is 6.07 Å². The van der Waals surface area contributed by atoms with Gasteiger partial charge in [-0.05, 0) is 31.0 Å². The number of carbonyl (C=O) groups is 1. The van der Waals surface area contributed by atoms with Crippen LogP contribution >= 0.6 is 0 Å². The Balaban J connectivity index is 2.38. The van der Waals surface area contributed by atoms with Crippen molar-refractivity contribution in [3.63, 3.8) is 0 Å². The van der Waals surface area contributed by atoms with E-state index in [1.54, 1.807) is 0 Å². The van der Waals surface area contributed by atoms with E-state index in [2.05, 4.69) is 0 Å². The van der Waals surface area contributed by atoms with Gasteiger partial charge in [-0.3, -0.25) is 0 Å². The first-order valence-electron chi connectivity index (χ1n) is 4.99. The van der Waals surface area contributed by atoms with E-state index in [1.807, 2.05) is 0 Å². The minimum absolute atomic E-state index is 0.0354. The van der Waals surface area contributed by atoms with Gasteiger partial charge >= 0.3 is 12.1 Å². The summed E-state index contributed by atoms with van der Waals surface area (Å²) >= 11 is 0. The molecule has 0 amide bonds. The molecule has 0 aromatic heterocycles. The van der Waals surface area contributed by atoms with E-state index in [4.69, 9.17) is 9.84 Å². The Morgan fingerprint density at radius 3 is 2.47 bits per heavy atom. The number of alkyl halides is 3. The van der Waals surface area contributed by atoms with Gasteiger partial charge in [-0.1, -0.05) is 0 Å². The van der Waals surface area contributed by atoms with Crippen LogP contribution in [-0.4, -0.2) is 17.2 Å². The third kappa shape index (κ3) is 2.69. The van der Waals surface area contributed by atoms with Crippen LogP contribution in [0.25, 0.3) is 0 Å². The largest absolute Gasteiger partial charge is 0.490 e. The van der Waals surface area contributed by atoms with Crippen molar-refractivity contribution >= 4 is 5.97 Å². The van der Waals surface area contributed by atoms with Crippen LogP contribution in [0.4, 0.5) is 13.2 Å². The molecule has 0 unspecified atom stereocenters. The Hall–Kier alpha value is -1.72. The zero-order valence-corrected chi connectivity index (χ0v) is 8.62. The standard InChI is InChI=1S/C11H9F3O3/c12-11(13,14)9-5-7(17-6-1-2-6)3-4-8(9)10(15)16/h3-6H,1-2H2,(H,15,16). The summed E-state index contributed by atoms with van der Waals surface area (Å²) < 4.78 is 43.1. The number of halogens is 3. The quantitative estimate of drug-likeness (QED) is 0.891. The van der Waals surface area contributed by atoms with Gasteiger partial charge in [0.05, 0.1) is 17.2 Å². The first kappa shape index (κ1) is 11.8. The number of benzene rings is 1. The summed E-state index contributed by atoms with van der Waals surface area (Å²) in [5.41, 5.74) is -1.94. The van der Waals surface area contributed by atoms with Crippen molar-refractivity contribution in [3.8, 4) is 5.75 Å². The van der Waals surface area contributed by atoms with Crippen molar-refractivity contribution in [2.24, 2.45) is 0 Å². The second kappa shape index (κ2) is 3.94. The van der Waals surface area contributed by atoms with Gasteiger partial charge in [0.1, 0.15) is 5.75 Å². The molecule has 1 saturated carbocycles. The van der Waals surface area contributed by atoms with Gasteiger partial charge in [-0.15, -0.1) is 0 Å². The molecular weight excluding hydrogens is 237 g/mol. The van der Waals surface area contributed by atoms with Crippen LogP contribution in [0.15, 0.2) is 18.2 Å². The van der Waals surface area contributed by atoms with Crippen molar-refractivity contribution < 1.29 is 27.8 Å². The molecule has 0 radical (unpaired) electrons. The first-order valence-corrected chi connectivity index (χ1v) is 4.99. The summed E-state index contributed by atoms with van der Waals surface area (Å²) in [6.45, 7) is 0. The van der Waals surface area contributed by atoms with Crippen molar-refractivity contribution in [3.05, 3.63) is 29.3 Å². The summed E-state index contributed by atoms with van der Waals surface area (Å²) in [4.78, 5) is 10.7. The first-order chi connectivity index (χ1) is 7.88. The molecule has 0 bridgehead atoms. The Morgan fingerprint density at radius 1 is 1.35 bits per heavy atom. The smallest absolute Gasteiger partial charge is 0.417 e. The van der Waals surface area contributed by atoms with Gasteiger partial charge in [-0.25, -0.2) is 4.79 Å². The molecule has 0 spiro atoms. The molecule has 0 aliphatic heterocycles. The van der Waals surface area contributed by atoms with Gasteiger partial charge in [0.25, 0.3) is 0 Å². The number of hydrogen-bond acceptors (Lipinski definition) is 2.